The first kappa shape index (κ1) is 13.4. The van der Waals surface area contributed by atoms with E-state index in [0.717, 1.165) is 0 Å². The summed E-state index contributed by atoms with van der Waals surface area (Å²) >= 11 is 5.87. The molecule has 5 heteroatoms. The van der Waals surface area contributed by atoms with Gasteiger partial charge in [-0.15, -0.1) is 0 Å². The van der Waals surface area contributed by atoms with Gasteiger partial charge in [0.15, 0.2) is 0 Å². The van der Waals surface area contributed by atoms with Crippen LogP contribution in [0.2, 0.25) is 5.02 Å². The van der Waals surface area contributed by atoms with Crippen molar-refractivity contribution in [3.63, 3.8) is 0 Å². The van der Waals surface area contributed by atoms with Gasteiger partial charge in [-0.25, -0.2) is 0 Å². The average molecular weight is 277 g/mol. The van der Waals surface area contributed by atoms with Crippen molar-refractivity contribution in [1.82, 2.24) is 0 Å². The van der Waals surface area contributed by atoms with E-state index in [-0.39, 0.29) is 12.5 Å². The van der Waals surface area contributed by atoms with Gasteiger partial charge in [0.25, 0.3) is 0 Å². The monoisotopic (exact) mass is 276 g/mol. The van der Waals surface area contributed by atoms with Crippen LogP contribution in [0.25, 0.3) is 0 Å². The Morgan fingerprint density at radius 3 is 2.53 bits per heavy atom. The second-order valence-corrected chi connectivity index (χ2v) is 4.27. The summed E-state index contributed by atoms with van der Waals surface area (Å²) in [4.78, 5) is 11.1. The first-order valence-electron chi connectivity index (χ1n) is 5.71. The Kier molecular flexibility index (Phi) is 4.39. The van der Waals surface area contributed by atoms with E-state index in [1.165, 1.54) is 0 Å². The fraction of sp³-hybridized carbons (Fsp3) is 0.0714. The number of rotatable bonds is 4. The number of carbonyl (C=O) groups is 1. The normalized spacial score (nSPS) is 10.0. The Balaban J connectivity index is 2.04. The molecule has 0 bridgehead atoms. The highest BCUT2D eigenvalue weighted by Gasteiger charge is 2.01. The van der Waals surface area contributed by atoms with Gasteiger partial charge >= 0.3 is 0 Å². The minimum absolute atomic E-state index is 0.0409. The quantitative estimate of drug-likeness (QED) is 0.902. The number of carbonyl (C=O) groups excluding carboxylic acids is 1. The molecule has 0 spiro atoms. The lowest BCUT2D eigenvalue weighted by atomic mass is 10.3. The van der Waals surface area contributed by atoms with Gasteiger partial charge in [-0.3, -0.25) is 4.79 Å². The summed E-state index contributed by atoms with van der Waals surface area (Å²) in [6, 6.07) is 14.1. The zero-order valence-corrected chi connectivity index (χ0v) is 10.9. The van der Waals surface area contributed by atoms with Crippen molar-refractivity contribution in [3.05, 3.63) is 53.6 Å². The molecule has 0 saturated heterocycles. The van der Waals surface area contributed by atoms with Gasteiger partial charge in [-0.05, 0) is 42.5 Å². The lowest BCUT2D eigenvalue weighted by molar-refractivity contribution is -0.114. The van der Waals surface area contributed by atoms with E-state index >= 15 is 0 Å². The van der Waals surface area contributed by atoms with E-state index in [1.807, 2.05) is 12.1 Å². The summed E-state index contributed by atoms with van der Waals surface area (Å²) in [7, 11) is 0. The van der Waals surface area contributed by atoms with Crippen LogP contribution in [0, 0.1) is 0 Å². The van der Waals surface area contributed by atoms with Crippen LogP contribution in [0.4, 0.5) is 5.69 Å². The SMILES string of the molecule is NCC(=O)Nc1ccc(Oc2cccc(Cl)c2)cc1. The Morgan fingerprint density at radius 2 is 1.89 bits per heavy atom. The van der Waals surface area contributed by atoms with Gasteiger partial charge in [0.1, 0.15) is 11.5 Å². The molecule has 0 aromatic heterocycles. The summed E-state index contributed by atoms with van der Waals surface area (Å²) < 4.78 is 5.62. The van der Waals surface area contributed by atoms with Crippen molar-refractivity contribution < 1.29 is 9.53 Å². The Bertz CT molecular complexity index is 570. The zero-order chi connectivity index (χ0) is 13.7. The molecule has 2 rings (SSSR count). The molecule has 0 heterocycles. The largest absolute Gasteiger partial charge is 0.457 e. The third-order valence-corrected chi connectivity index (χ3v) is 2.59. The van der Waals surface area contributed by atoms with Crippen molar-refractivity contribution in [2.75, 3.05) is 11.9 Å². The summed E-state index contributed by atoms with van der Waals surface area (Å²) in [5, 5.41) is 3.27. The van der Waals surface area contributed by atoms with Crippen molar-refractivity contribution >= 4 is 23.2 Å². The number of hydrogen-bond donors (Lipinski definition) is 2. The van der Waals surface area contributed by atoms with E-state index < -0.39 is 0 Å². The van der Waals surface area contributed by atoms with Crippen LogP contribution in [0.15, 0.2) is 48.5 Å². The molecule has 2 aromatic carbocycles. The van der Waals surface area contributed by atoms with Crippen LogP contribution in [0.3, 0.4) is 0 Å². The summed E-state index contributed by atoms with van der Waals surface area (Å²) in [6.07, 6.45) is 0. The van der Waals surface area contributed by atoms with Crippen LogP contribution in [0.1, 0.15) is 0 Å². The van der Waals surface area contributed by atoms with Crippen molar-refractivity contribution in [1.29, 1.82) is 0 Å². The van der Waals surface area contributed by atoms with Gasteiger partial charge in [0.2, 0.25) is 5.91 Å². The Morgan fingerprint density at radius 1 is 1.16 bits per heavy atom. The number of hydrogen-bond acceptors (Lipinski definition) is 3. The van der Waals surface area contributed by atoms with E-state index in [2.05, 4.69) is 5.32 Å². The fourth-order valence-electron chi connectivity index (χ4n) is 1.48. The molecule has 4 nitrogen and oxygen atoms in total. The minimum atomic E-state index is -0.233. The van der Waals surface area contributed by atoms with Gasteiger partial charge < -0.3 is 15.8 Å². The van der Waals surface area contributed by atoms with Crippen LogP contribution in [-0.4, -0.2) is 12.5 Å². The molecule has 0 atom stereocenters. The maximum Gasteiger partial charge on any atom is 0.238 e. The number of nitrogens with one attached hydrogen (secondary N) is 1. The summed E-state index contributed by atoms with van der Waals surface area (Å²) in [5.74, 6) is 1.09. The number of anilines is 1. The average Bonchev–Trinajstić information content (AvgIpc) is 2.41. The van der Waals surface area contributed by atoms with E-state index in [0.29, 0.717) is 22.2 Å². The van der Waals surface area contributed by atoms with Crippen LogP contribution in [-0.2, 0) is 4.79 Å². The molecule has 0 fully saturated rings. The molecule has 0 saturated carbocycles. The highest BCUT2D eigenvalue weighted by Crippen LogP contribution is 2.25. The maximum atomic E-state index is 11.1. The third-order valence-electron chi connectivity index (χ3n) is 2.36. The number of benzene rings is 2. The summed E-state index contributed by atoms with van der Waals surface area (Å²) in [5.41, 5.74) is 5.89. The molecule has 19 heavy (non-hydrogen) atoms. The molecule has 0 aliphatic heterocycles. The minimum Gasteiger partial charge on any atom is -0.457 e. The Hall–Kier alpha value is -2.04. The molecular formula is C14H13ClN2O2. The number of amides is 1. The number of ether oxygens (including phenoxy) is 1. The molecule has 0 aliphatic rings. The highest BCUT2D eigenvalue weighted by molar-refractivity contribution is 6.30. The van der Waals surface area contributed by atoms with Crippen molar-refractivity contribution in [2.45, 2.75) is 0 Å². The zero-order valence-electron chi connectivity index (χ0n) is 10.1. The standard InChI is InChI=1S/C14H13ClN2O2/c15-10-2-1-3-13(8-10)19-12-6-4-11(5-7-12)17-14(18)9-16/h1-8H,9,16H2,(H,17,18). The smallest absolute Gasteiger partial charge is 0.238 e. The van der Waals surface area contributed by atoms with Gasteiger partial charge in [0.05, 0.1) is 6.54 Å². The van der Waals surface area contributed by atoms with E-state index in [4.69, 9.17) is 22.1 Å². The van der Waals surface area contributed by atoms with E-state index in [1.54, 1.807) is 36.4 Å². The van der Waals surface area contributed by atoms with E-state index in [9.17, 15) is 4.79 Å². The van der Waals surface area contributed by atoms with Crippen molar-refractivity contribution in [2.24, 2.45) is 5.73 Å². The first-order chi connectivity index (χ1) is 9.17. The van der Waals surface area contributed by atoms with Crippen LogP contribution in [0.5, 0.6) is 11.5 Å². The molecule has 2 aromatic rings. The molecular weight excluding hydrogens is 264 g/mol. The molecule has 1 amide bonds. The lowest BCUT2D eigenvalue weighted by Gasteiger charge is -2.07. The Labute approximate surface area is 116 Å². The second-order valence-electron chi connectivity index (χ2n) is 3.84. The second kappa shape index (κ2) is 6.22. The summed E-state index contributed by atoms with van der Waals surface area (Å²) in [6.45, 7) is -0.0409. The molecule has 98 valence electrons. The number of nitrogens with two attached hydrogens (primary N) is 1. The predicted molar refractivity (Wildman–Crippen MR) is 75.7 cm³/mol. The fourth-order valence-corrected chi connectivity index (χ4v) is 1.67. The van der Waals surface area contributed by atoms with Crippen LogP contribution < -0.4 is 15.8 Å². The van der Waals surface area contributed by atoms with Gasteiger partial charge in [-0.1, -0.05) is 17.7 Å². The topological polar surface area (TPSA) is 64.4 Å². The maximum absolute atomic E-state index is 11.1. The highest BCUT2D eigenvalue weighted by atomic mass is 35.5. The van der Waals surface area contributed by atoms with Gasteiger partial charge in [0, 0.05) is 10.7 Å². The molecule has 0 radical (unpaired) electrons. The van der Waals surface area contributed by atoms with Crippen molar-refractivity contribution in [3.8, 4) is 11.5 Å². The lowest BCUT2D eigenvalue weighted by Crippen LogP contribution is -2.21. The third kappa shape index (κ3) is 3.98. The predicted octanol–water partition coefficient (Wildman–Crippen LogP) is 3.03. The molecule has 0 unspecified atom stereocenters. The van der Waals surface area contributed by atoms with Crippen LogP contribution >= 0.6 is 11.6 Å². The first-order valence-corrected chi connectivity index (χ1v) is 6.08. The van der Waals surface area contributed by atoms with Gasteiger partial charge in [-0.2, -0.15) is 0 Å². The molecule has 3 N–H and O–H groups in total. The number of halogens is 1. The molecule has 0 aliphatic carbocycles.